The van der Waals surface area contributed by atoms with Crippen molar-refractivity contribution in [3.8, 4) is 11.1 Å². The van der Waals surface area contributed by atoms with Gasteiger partial charge in [-0.05, 0) is 35.4 Å². The van der Waals surface area contributed by atoms with Gasteiger partial charge in [0.2, 0.25) is 0 Å². The maximum absolute atomic E-state index is 11.6. The first kappa shape index (κ1) is 13.9. The van der Waals surface area contributed by atoms with Crippen molar-refractivity contribution in [2.45, 2.75) is 0 Å². The van der Waals surface area contributed by atoms with Crippen LogP contribution in [0.5, 0.6) is 0 Å². The first-order valence-electron chi connectivity index (χ1n) is 6.99. The summed E-state index contributed by atoms with van der Waals surface area (Å²) in [7, 11) is 0. The third kappa shape index (κ3) is 2.83. The first-order valence-corrected chi connectivity index (χ1v) is 6.99. The predicted octanol–water partition coefficient (Wildman–Crippen LogP) is 5.17. The molecule has 0 saturated carbocycles. The lowest BCUT2D eigenvalue weighted by molar-refractivity contribution is 0.205. The van der Waals surface area contributed by atoms with Crippen LogP contribution in [0.4, 0.5) is 16.2 Å². The van der Waals surface area contributed by atoms with Gasteiger partial charge in [0.15, 0.2) is 0 Å². The summed E-state index contributed by atoms with van der Waals surface area (Å²) in [4.78, 5) is 12.9. The van der Waals surface area contributed by atoms with Crippen molar-refractivity contribution in [2.24, 2.45) is 0 Å². The van der Waals surface area contributed by atoms with E-state index in [0.29, 0.717) is 11.4 Å². The molecule has 0 heterocycles. The molecule has 3 aromatic carbocycles. The maximum atomic E-state index is 11.6. The van der Waals surface area contributed by atoms with E-state index in [1.54, 1.807) is 12.1 Å². The Morgan fingerprint density at radius 3 is 1.64 bits per heavy atom. The van der Waals surface area contributed by atoms with Gasteiger partial charge in [-0.2, -0.15) is 0 Å². The van der Waals surface area contributed by atoms with Crippen molar-refractivity contribution >= 4 is 17.5 Å². The number of anilines is 2. The van der Waals surface area contributed by atoms with Gasteiger partial charge in [-0.15, -0.1) is 0 Å². The average molecular weight is 289 g/mol. The molecular formula is C19H15NO2. The van der Waals surface area contributed by atoms with Gasteiger partial charge in [0.1, 0.15) is 0 Å². The number of carbonyl (C=O) groups is 1. The highest BCUT2D eigenvalue weighted by Crippen LogP contribution is 2.28. The van der Waals surface area contributed by atoms with Crippen LogP contribution < -0.4 is 4.90 Å². The maximum Gasteiger partial charge on any atom is 0.416 e. The monoisotopic (exact) mass is 289 g/mol. The molecule has 0 aromatic heterocycles. The van der Waals surface area contributed by atoms with E-state index in [-0.39, 0.29) is 0 Å². The Kier molecular flexibility index (Phi) is 3.88. The van der Waals surface area contributed by atoms with Crippen molar-refractivity contribution < 1.29 is 9.90 Å². The van der Waals surface area contributed by atoms with Crippen LogP contribution in [0.25, 0.3) is 11.1 Å². The molecule has 0 bridgehead atoms. The summed E-state index contributed by atoms with van der Waals surface area (Å²) in [5.41, 5.74) is 3.42. The molecule has 0 atom stereocenters. The smallest absolute Gasteiger partial charge is 0.416 e. The summed E-state index contributed by atoms with van der Waals surface area (Å²) >= 11 is 0. The number of benzene rings is 3. The van der Waals surface area contributed by atoms with Crippen LogP contribution in [0.2, 0.25) is 0 Å². The second-order valence-electron chi connectivity index (χ2n) is 4.87. The fraction of sp³-hybridized carbons (Fsp3) is 0. The third-order valence-corrected chi connectivity index (χ3v) is 3.44. The minimum Gasteiger partial charge on any atom is -0.464 e. The van der Waals surface area contributed by atoms with Crippen LogP contribution in [0.1, 0.15) is 0 Å². The lowest BCUT2D eigenvalue weighted by Crippen LogP contribution is -2.23. The number of hydrogen-bond acceptors (Lipinski definition) is 1. The molecule has 0 unspecified atom stereocenters. The zero-order valence-electron chi connectivity index (χ0n) is 11.9. The summed E-state index contributed by atoms with van der Waals surface area (Å²) in [5, 5.41) is 9.49. The van der Waals surface area contributed by atoms with Gasteiger partial charge < -0.3 is 5.11 Å². The highest BCUT2D eigenvalue weighted by atomic mass is 16.4. The van der Waals surface area contributed by atoms with Gasteiger partial charge in [-0.1, -0.05) is 60.7 Å². The normalized spacial score (nSPS) is 10.2. The third-order valence-electron chi connectivity index (χ3n) is 3.44. The Bertz CT molecular complexity index is 752. The standard InChI is InChI=1S/C19H15NO2/c21-19(22)20(17-9-5-2-6-10-17)18-13-11-16(12-14-18)15-7-3-1-4-8-15/h1-14H,(H,21,22). The Morgan fingerprint density at radius 2 is 1.09 bits per heavy atom. The molecule has 0 saturated heterocycles. The van der Waals surface area contributed by atoms with E-state index in [9.17, 15) is 9.90 Å². The quantitative estimate of drug-likeness (QED) is 0.722. The molecule has 0 radical (unpaired) electrons. The van der Waals surface area contributed by atoms with Crippen LogP contribution in [-0.2, 0) is 0 Å². The van der Waals surface area contributed by atoms with Gasteiger partial charge in [0.05, 0.1) is 11.4 Å². The first-order chi connectivity index (χ1) is 10.8. The van der Waals surface area contributed by atoms with Gasteiger partial charge in [-0.3, -0.25) is 0 Å². The van der Waals surface area contributed by atoms with Crippen LogP contribution in [0.3, 0.4) is 0 Å². The molecule has 1 N–H and O–H groups in total. The Labute approximate surface area is 129 Å². The van der Waals surface area contributed by atoms with Crippen molar-refractivity contribution in [2.75, 3.05) is 4.90 Å². The minimum absolute atomic E-state index is 0.624. The van der Waals surface area contributed by atoms with E-state index in [0.717, 1.165) is 11.1 Å². The zero-order valence-corrected chi connectivity index (χ0v) is 11.9. The van der Waals surface area contributed by atoms with Crippen LogP contribution in [0.15, 0.2) is 84.9 Å². The molecular weight excluding hydrogens is 274 g/mol. The van der Waals surface area contributed by atoms with Crippen molar-refractivity contribution in [1.29, 1.82) is 0 Å². The second kappa shape index (κ2) is 6.14. The summed E-state index contributed by atoms with van der Waals surface area (Å²) in [6.45, 7) is 0. The van der Waals surface area contributed by atoms with E-state index in [2.05, 4.69) is 0 Å². The summed E-state index contributed by atoms with van der Waals surface area (Å²) in [6, 6.07) is 26.6. The highest BCUT2D eigenvalue weighted by Gasteiger charge is 2.16. The molecule has 0 aliphatic rings. The molecule has 0 fully saturated rings. The molecule has 22 heavy (non-hydrogen) atoms. The summed E-state index contributed by atoms with van der Waals surface area (Å²) < 4.78 is 0. The van der Waals surface area contributed by atoms with E-state index >= 15 is 0 Å². The van der Waals surface area contributed by atoms with Gasteiger partial charge in [-0.25, -0.2) is 9.69 Å². The molecule has 0 spiro atoms. The van der Waals surface area contributed by atoms with E-state index in [1.807, 2.05) is 72.8 Å². The molecule has 3 rings (SSSR count). The predicted molar refractivity (Wildman–Crippen MR) is 88.5 cm³/mol. The zero-order chi connectivity index (χ0) is 15.4. The fourth-order valence-electron chi connectivity index (χ4n) is 2.38. The number of para-hydroxylation sites is 1. The average Bonchev–Trinajstić information content (AvgIpc) is 2.57. The van der Waals surface area contributed by atoms with Gasteiger partial charge in [0, 0.05) is 0 Å². The molecule has 0 aliphatic heterocycles. The largest absolute Gasteiger partial charge is 0.464 e. The molecule has 108 valence electrons. The Balaban J connectivity index is 1.95. The Morgan fingerprint density at radius 1 is 0.636 bits per heavy atom. The van der Waals surface area contributed by atoms with Crippen LogP contribution >= 0.6 is 0 Å². The van der Waals surface area contributed by atoms with Crippen LogP contribution in [-0.4, -0.2) is 11.2 Å². The molecule has 3 aromatic rings. The van der Waals surface area contributed by atoms with Crippen molar-refractivity contribution in [3.63, 3.8) is 0 Å². The van der Waals surface area contributed by atoms with Crippen molar-refractivity contribution in [1.82, 2.24) is 0 Å². The minimum atomic E-state index is -1.00. The summed E-state index contributed by atoms with van der Waals surface area (Å²) in [6.07, 6.45) is -1.00. The number of amides is 1. The SMILES string of the molecule is O=C(O)N(c1ccccc1)c1ccc(-c2ccccc2)cc1. The number of nitrogens with zero attached hydrogens (tertiary/aromatic N) is 1. The number of hydrogen-bond donors (Lipinski definition) is 1. The molecule has 1 amide bonds. The summed E-state index contributed by atoms with van der Waals surface area (Å²) in [5.74, 6) is 0. The van der Waals surface area contributed by atoms with Crippen molar-refractivity contribution in [3.05, 3.63) is 84.9 Å². The van der Waals surface area contributed by atoms with Gasteiger partial charge >= 0.3 is 6.09 Å². The highest BCUT2D eigenvalue weighted by molar-refractivity contribution is 5.95. The van der Waals surface area contributed by atoms with Crippen LogP contribution in [0, 0.1) is 0 Å². The fourth-order valence-corrected chi connectivity index (χ4v) is 2.38. The number of rotatable bonds is 3. The lowest BCUT2D eigenvalue weighted by Gasteiger charge is -2.19. The number of carboxylic acid groups (broad SMARTS) is 1. The lowest BCUT2D eigenvalue weighted by atomic mass is 10.1. The topological polar surface area (TPSA) is 40.5 Å². The second-order valence-corrected chi connectivity index (χ2v) is 4.87. The van der Waals surface area contributed by atoms with E-state index in [1.165, 1.54) is 4.90 Å². The van der Waals surface area contributed by atoms with E-state index < -0.39 is 6.09 Å². The van der Waals surface area contributed by atoms with Gasteiger partial charge in [0.25, 0.3) is 0 Å². The Hall–Kier alpha value is -3.07. The molecule has 3 nitrogen and oxygen atoms in total. The molecule has 3 heteroatoms. The van der Waals surface area contributed by atoms with E-state index in [4.69, 9.17) is 0 Å². The molecule has 0 aliphatic carbocycles.